The highest BCUT2D eigenvalue weighted by Gasteiger charge is 2.33. The molecule has 0 fully saturated rings. The number of carboxylic acids is 1. The average Bonchev–Trinajstić information content (AvgIpc) is 2.70. The van der Waals surface area contributed by atoms with Crippen molar-refractivity contribution in [1.29, 1.82) is 0 Å². The highest BCUT2D eigenvalue weighted by atomic mass is 16.5. The number of hydrogen-bond donors (Lipinski definition) is 2. The lowest BCUT2D eigenvalue weighted by molar-refractivity contribution is -0.158. The number of esters is 1. The Bertz CT molecular complexity index is 928. The summed E-state index contributed by atoms with van der Waals surface area (Å²) < 4.78 is 5.66. The molecule has 3 aromatic rings. The van der Waals surface area contributed by atoms with Crippen molar-refractivity contribution in [2.45, 2.75) is 18.4 Å². The van der Waals surface area contributed by atoms with Crippen LogP contribution >= 0.6 is 0 Å². The molecule has 6 heteroatoms. The number of benzene rings is 2. The van der Waals surface area contributed by atoms with E-state index in [-0.39, 0.29) is 5.69 Å². The number of ether oxygens (including phenoxy) is 1. The quantitative estimate of drug-likeness (QED) is 0.484. The number of hydrogen-bond acceptors (Lipinski definition) is 5. The minimum absolute atomic E-state index is 0.0817. The standard InChI is InChI=1S/C22H20N2O4/c23-17-11-12-18(24-14-17)20(21(25)26)22(27)28-19(16-9-5-2-6-10-16)13-15-7-3-1-4-8-15/h1-12,14,19-20H,13,23H2,(H,25,26). The molecule has 0 amide bonds. The molecule has 0 aliphatic heterocycles. The molecule has 3 N–H and O–H groups in total. The van der Waals surface area contributed by atoms with Gasteiger partial charge in [-0.2, -0.15) is 0 Å². The Morgan fingerprint density at radius 2 is 1.61 bits per heavy atom. The van der Waals surface area contributed by atoms with Gasteiger partial charge in [0.1, 0.15) is 6.10 Å². The van der Waals surface area contributed by atoms with E-state index < -0.39 is 24.0 Å². The fourth-order valence-electron chi connectivity index (χ4n) is 2.87. The van der Waals surface area contributed by atoms with Crippen LogP contribution in [0.1, 0.15) is 28.8 Å². The molecule has 2 atom stereocenters. The number of carbonyl (C=O) groups excluding carboxylic acids is 1. The van der Waals surface area contributed by atoms with Crippen LogP contribution in [0.3, 0.4) is 0 Å². The van der Waals surface area contributed by atoms with Gasteiger partial charge in [0.2, 0.25) is 0 Å². The zero-order valence-corrected chi connectivity index (χ0v) is 15.1. The maximum atomic E-state index is 12.8. The third-order valence-electron chi connectivity index (χ3n) is 4.28. The third-order valence-corrected chi connectivity index (χ3v) is 4.28. The molecule has 1 aromatic heterocycles. The molecule has 28 heavy (non-hydrogen) atoms. The smallest absolute Gasteiger partial charge is 0.327 e. The van der Waals surface area contributed by atoms with E-state index in [1.165, 1.54) is 18.3 Å². The van der Waals surface area contributed by atoms with Crippen molar-refractivity contribution in [3.63, 3.8) is 0 Å². The molecule has 0 aliphatic rings. The van der Waals surface area contributed by atoms with Crippen LogP contribution < -0.4 is 5.73 Å². The van der Waals surface area contributed by atoms with Gasteiger partial charge in [-0.25, -0.2) is 0 Å². The number of rotatable bonds is 7. The molecule has 0 radical (unpaired) electrons. The van der Waals surface area contributed by atoms with Crippen molar-refractivity contribution in [2.75, 3.05) is 5.73 Å². The molecular formula is C22H20N2O4. The molecule has 1 heterocycles. The Morgan fingerprint density at radius 1 is 0.964 bits per heavy atom. The van der Waals surface area contributed by atoms with Crippen molar-refractivity contribution in [1.82, 2.24) is 4.98 Å². The van der Waals surface area contributed by atoms with Crippen LogP contribution in [0.15, 0.2) is 79.0 Å². The molecule has 0 spiro atoms. The second-order valence-electron chi connectivity index (χ2n) is 6.31. The molecular weight excluding hydrogens is 356 g/mol. The van der Waals surface area contributed by atoms with E-state index in [4.69, 9.17) is 10.5 Å². The number of nitrogens with zero attached hydrogens (tertiary/aromatic N) is 1. The van der Waals surface area contributed by atoms with E-state index in [9.17, 15) is 14.7 Å². The van der Waals surface area contributed by atoms with Crippen LogP contribution in [-0.4, -0.2) is 22.0 Å². The number of carbonyl (C=O) groups is 2. The van der Waals surface area contributed by atoms with Gasteiger partial charge in [0.15, 0.2) is 5.92 Å². The lowest BCUT2D eigenvalue weighted by Gasteiger charge is -2.21. The number of aliphatic carboxylic acids is 1. The Balaban J connectivity index is 1.86. The van der Waals surface area contributed by atoms with E-state index in [0.29, 0.717) is 12.1 Å². The number of pyridine rings is 1. The highest BCUT2D eigenvalue weighted by molar-refractivity contribution is 5.99. The molecule has 0 saturated heterocycles. The van der Waals surface area contributed by atoms with Crippen molar-refractivity contribution < 1.29 is 19.4 Å². The fraction of sp³-hybridized carbons (Fsp3) is 0.136. The van der Waals surface area contributed by atoms with Crippen LogP contribution in [0, 0.1) is 0 Å². The zero-order chi connectivity index (χ0) is 19.9. The average molecular weight is 376 g/mol. The number of nitrogens with two attached hydrogens (primary N) is 1. The summed E-state index contributed by atoms with van der Waals surface area (Å²) in [5, 5.41) is 9.57. The number of carboxylic acid groups (broad SMARTS) is 1. The minimum atomic E-state index is -1.53. The number of anilines is 1. The Hall–Kier alpha value is -3.67. The first kappa shape index (κ1) is 19.1. The van der Waals surface area contributed by atoms with Crippen LogP contribution in [0.5, 0.6) is 0 Å². The third kappa shape index (κ3) is 4.73. The van der Waals surface area contributed by atoms with Gasteiger partial charge in [0, 0.05) is 6.42 Å². The largest absolute Gasteiger partial charge is 0.480 e. The van der Waals surface area contributed by atoms with Gasteiger partial charge in [0.05, 0.1) is 17.6 Å². The predicted octanol–water partition coefficient (Wildman–Crippen LogP) is 3.36. The van der Waals surface area contributed by atoms with Crippen molar-refractivity contribution >= 4 is 17.6 Å². The number of aromatic nitrogens is 1. The first-order valence-electron chi connectivity index (χ1n) is 8.78. The van der Waals surface area contributed by atoms with E-state index >= 15 is 0 Å². The van der Waals surface area contributed by atoms with Crippen molar-refractivity contribution in [3.8, 4) is 0 Å². The van der Waals surface area contributed by atoms with Gasteiger partial charge in [-0.05, 0) is 23.3 Å². The van der Waals surface area contributed by atoms with Gasteiger partial charge in [-0.3, -0.25) is 14.6 Å². The van der Waals surface area contributed by atoms with Gasteiger partial charge in [-0.15, -0.1) is 0 Å². The summed E-state index contributed by atoms with van der Waals surface area (Å²) in [6.07, 6.45) is 1.13. The molecule has 2 unspecified atom stereocenters. The number of nitrogen functional groups attached to an aromatic ring is 1. The second kappa shape index (κ2) is 8.81. The lowest BCUT2D eigenvalue weighted by atomic mass is 10.0. The zero-order valence-electron chi connectivity index (χ0n) is 15.1. The monoisotopic (exact) mass is 376 g/mol. The Morgan fingerprint density at radius 3 is 2.18 bits per heavy atom. The molecule has 3 rings (SSSR count). The first-order valence-corrected chi connectivity index (χ1v) is 8.78. The summed E-state index contributed by atoms with van der Waals surface area (Å²) in [6, 6.07) is 21.7. The minimum Gasteiger partial charge on any atom is -0.480 e. The molecule has 0 saturated carbocycles. The summed E-state index contributed by atoms with van der Waals surface area (Å²) in [4.78, 5) is 28.5. The van der Waals surface area contributed by atoms with E-state index in [1.54, 1.807) is 0 Å². The molecule has 142 valence electrons. The van der Waals surface area contributed by atoms with Crippen LogP contribution in [0.2, 0.25) is 0 Å². The normalized spacial score (nSPS) is 12.7. The Kier molecular flexibility index (Phi) is 6.01. The molecule has 6 nitrogen and oxygen atoms in total. The summed E-state index contributed by atoms with van der Waals surface area (Å²) in [6.45, 7) is 0. The maximum absolute atomic E-state index is 12.8. The van der Waals surface area contributed by atoms with Crippen LogP contribution in [-0.2, 0) is 20.7 Å². The maximum Gasteiger partial charge on any atom is 0.327 e. The van der Waals surface area contributed by atoms with E-state index in [1.807, 2.05) is 60.7 Å². The summed E-state index contributed by atoms with van der Waals surface area (Å²) >= 11 is 0. The predicted molar refractivity (Wildman–Crippen MR) is 104 cm³/mol. The molecule has 2 aromatic carbocycles. The Labute approximate surface area is 162 Å². The van der Waals surface area contributed by atoms with Crippen LogP contribution in [0.25, 0.3) is 0 Å². The molecule has 0 bridgehead atoms. The van der Waals surface area contributed by atoms with E-state index in [2.05, 4.69) is 4.98 Å². The van der Waals surface area contributed by atoms with Gasteiger partial charge >= 0.3 is 11.9 Å². The highest BCUT2D eigenvalue weighted by Crippen LogP contribution is 2.26. The van der Waals surface area contributed by atoms with Gasteiger partial charge < -0.3 is 15.6 Å². The van der Waals surface area contributed by atoms with Crippen molar-refractivity contribution in [3.05, 3.63) is 95.8 Å². The second-order valence-corrected chi connectivity index (χ2v) is 6.31. The topological polar surface area (TPSA) is 103 Å². The first-order chi connectivity index (χ1) is 13.5. The van der Waals surface area contributed by atoms with Crippen molar-refractivity contribution in [2.24, 2.45) is 0 Å². The SMILES string of the molecule is Nc1ccc(C(C(=O)O)C(=O)OC(Cc2ccccc2)c2ccccc2)nc1. The van der Waals surface area contributed by atoms with E-state index in [0.717, 1.165) is 11.1 Å². The van der Waals surface area contributed by atoms with Crippen LogP contribution in [0.4, 0.5) is 5.69 Å². The van der Waals surface area contributed by atoms with Gasteiger partial charge in [-0.1, -0.05) is 60.7 Å². The fourth-order valence-corrected chi connectivity index (χ4v) is 2.87. The lowest BCUT2D eigenvalue weighted by Crippen LogP contribution is -2.27. The summed E-state index contributed by atoms with van der Waals surface area (Å²) in [5.74, 6) is -3.72. The van der Waals surface area contributed by atoms with Gasteiger partial charge in [0.25, 0.3) is 0 Å². The molecule has 0 aliphatic carbocycles. The summed E-state index contributed by atoms with van der Waals surface area (Å²) in [5.41, 5.74) is 7.82. The summed E-state index contributed by atoms with van der Waals surface area (Å²) in [7, 11) is 0.